The summed E-state index contributed by atoms with van der Waals surface area (Å²) in [5, 5.41) is 11.9. The molecule has 7 heteroatoms. The van der Waals surface area contributed by atoms with Crippen LogP contribution < -0.4 is 5.32 Å². The summed E-state index contributed by atoms with van der Waals surface area (Å²) < 4.78 is 10.9. The van der Waals surface area contributed by atoms with Crippen LogP contribution in [0.15, 0.2) is 48.5 Å². The lowest BCUT2D eigenvalue weighted by Gasteiger charge is -2.17. The summed E-state index contributed by atoms with van der Waals surface area (Å²) in [6.07, 6.45) is -0.717. The molecule has 1 unspecified atom stereocenters. The zero-order valence-electron chi connectivity index (χ0n) is 17.9. The van der Waals surface area contributed by atoms with E-state index in [9.17, 15) is 14.7 Å². The van der Waals surface area contributed by atoms with Crippen molar-refractivity contribution in [2.45, 2.75) is 25.8 Å². The summed E-state index contributed by atoms with van der Waals surface area (Å²) >= 11 is 1.43. The molecule has 0 radical (unpaired) electrons. The smallest absolute Gasteiger partial charge is 0.407 e. The molecule has 0 aliphatic heterocycles. The van der Waals surface area contributed by atoms with Crippen molar-refractivity contribution in [2.75, 3.05) is 31.3 Å². The Labute approximate surface area is 187 Å². The number of carbonyl (C=O) groups excluding carboxylic acids is 1. The van der Waals surface area contributed by atoms with Gasteiger partial charge in [0.1, 0.15) is 12.6 Å². The highest BCUT2D eigenvalue weighted by molar-refractivity contribution is 7.99. The molecule has 0 heterocycles. The van der Waals surface area contributed by atoms with E-state index in [1.807, 2.05) is 36.4 Å². The molecule has 1 aliphatic carbocycles. The lowest BCUT2D eigenvalue weighted by atomic mass is 9.98. The molecule has 2 aromatic carbocycles. The van der Waals surface area contributed by atoms with Gasteiger partial charge in [0.25, 0.3) is 0 Å². The minimum Gasteiger partial charge on any atom is -0.480 e. The number of hydrogen-bond acceptors (Lipinski definition) is 5. The molecule has 1 atom stereocenters. The number of amides is 1. The lowest BCUT2D eigenvalue weighted by molar-refractivity contribution is -0.138. The second kappa shape index (κ2) is 11.2. The van der Waals surface area contributed by atoms with Gasteiger partial charge in [0.15, 0.2) is 0 Å². The van der Waals surface area contributed by atoms with Crippen LogP contribution in [0, 0.1) is 5.92 Å². The lowest BCUT2D eigenvalue weighted by Crippen LogP contribution is -2.43. The highest BCUT2D eigenvalue weighted by atomic mass is 32.2. The van der Waals surface area contributed by atoms with E-state index in [2.05, 4.69) is 31.3 Å². The van der Waals surface area contributed by atoms with E-state index in [1.165, 1.54) is 11.8 Å². The normalized spacial score (nSPS) is 13.5. The van der Waals surface area contributed by atoms with E-state index in [1.54, 1.807) is 0 Å². The van der Waals surface area contributed by atoms with Gasteiger partial charge in [0, 0.05) is 24.0 Å². The molecule has 1 amide bonds. The van der Waals surface area contributed by atoms with Gasteiger partial charge in [-0.25, -0.2) is 9.59 Å². The number of nitrogens with one attached hydrogen (secondary N) is 1. The first-order valence-corrected chi connectivity index (χ1v) is 11.6. The van der Waals surface area contributed by atoms with Crippen LogP contribution >= 0.6 is 11.8 Å². The summed E-state index contributed by atoms with van der Waals surface area (Å²) in [6, 6.07) is 15.1. The van der Waals surface area contributed by atoms with E-state index in [-0.39, 0.29) is 18.3 Å². The Morgan fingerprint density at radius 1 is 1.06 bits per heavy atom. The third-order valence-electron chi connectivity index (χ3n) is 5.04. The van der Waals surface area contributed by atoms with Crippen molar-refractivity contribution in [3.05, 3.63) is 59.7 Å². The quantitative estimate of drug-likeness (QED) is 0.501. The van der Waals surface area contributed by atoms with Gasteiger partial charge in [-0.3, -0.25) is 0 Å². The Morgan fingerprint density at radius 2 is 1.68 bits per heavy atom. The highest BCUT2D eigenvalue weighted by Gasteiger charge is 2.29. The number of carboxylic acids is 1. The molecular formula is C24H29NO5S. The second-order valence-electron chi connectivity index (χ2n) is 7.90. The number of carboxylic acid groups (broad SMARTS) is 1. The predicted molar refractivity (Wildman–Crippen MR) is 123 cm³/mol. The first-order chi connectivity index (χ1) is 15.0. The van der Waals surface area contributed by atoms with E-state index in [0.717, 1.165) is 22.3 Å². The van der Waals surface area contributed by atoms with Crippen molar-refractivity contribution in [2.24, 2.45) is 5.92 Å². The largest absolute Gasteiger partial charge is 0.480 e. The number of thioether (sulfide) groups is 1. The average Bonchev–Trinajstić information content (AvgIpc) is 3.07. The van der Waals surface area contributed by atoms with E-state index in [0.29, 0.717) is 24.9 Å². The third-order valence-corrected chi connectivity index (χ3v) is 6.07. The first kappa shape index (κ1) is 23.2. The molecule has 0 saturated heterocycles. The maximum Gasteiger partial charge on any atom is 0.407 e. The molecule has 31 heavy (non-hydrogen) atoms. The summed E-state index contributed by atoms with van der Waals surface area (Å²) in [5.41, 5.74) is 4.52. The van der Waals surface area contributed by atoms with Gasteiger partial charge in [-0.2, -0.15) is 11.8 Å². The number of carbonyl (C=O) groups is 2. The van der Waals surface area contributed by atoms with Crippen LogP contribution in [0.3, 0.4) is 0 Å². The van der Waals surface area contributed by atoms with Crippen LogP contribution in [-0.4, -0.2) is 54.5 Å². The molecule has 0 fully saturated rings. The van der Waals surface area contributed by atoms with Crippen molar-refractivity contribution in [1.29, 1.82) is 0 Å². The van der Waals surface area contributed by atoms with Gasteiger partial charge in [0.05, 0.1) is 6.61 Å². The summed E-state index contributed by atoms with van der Waals surface area (Å²) in [5.74, 6) is 0.248. The number of hydrogen-bond donors (Lipinski definition) is 2. The summed E-state index contributed by atoms with van der Waals surface area (Å²) in [7, 11) is 0. The first-order valence-electron chi connectivity index (χ1n) is 10.5. The van der Waals surface area contributed by atoms with Gasteiger partial charge >= 0.3 is 12.1 Å². The Balaban J connectivity index is 1.50. The molecule has 6 nitrogen and oxygen atoms in total. The molecule has 0 bridgehead atoms. The maximum absolute atomic E-state index is 12.3. The van der Waals surface area contributed by atoms with Gasteiger partial charge in [-0.05, 0) is 28.2 Å². The number of ether oxygens (including phenoxy) is 2. The number of benzene rings is 2. The van der Waals surface area contributed by atoms with Crippen molar-refractivity contribution in [3.8, 4) is 11.1 Å². The van der Waals surface area contributed by atoms with Gasteiger partial charge in [-0.15, -0.1) is 0 Å². The van der Waals surface area contributed by atoms with Crippen LogP contribution in [0.4, 0.5) is 4.79 Å². The van der Waals surface area contributed by atoms with Crippen LogP contribution in [0.1, 0.15) is 30.9 Å². The Morgan fingerprint density at radius 3 is 2.26 bits per heavy atom. The van der Waals surface area contributed by atoms with Crippen LogP contribution in [0.5, 0.6) is 0 Å². The number of rotatable bonds is 11. The van der Waals surface area contributed by atoms with E-state index < -0.39 is 18.1 Å². The van der Waals surface area contributed by atoms with Crippen LogP contribution in [-0.2, 0) is 14.3 Å². The molecule has 0 aromatic heterocycles. The van der Waals surface area contributed by atoms with Crippen molar-refractivity contribution in [3.63, 3.8) is 0 Å². The predicted octanol–water partition coefficient (Wildman–Crippen LogP) is 4.38. The second-order valence-corrected chi connectivity index (χ2v) is 9.05. The maximum atomic E-state index is 12.3. The van der Waals surface area contributed by atoms with Gasteiger partial charge in [0.2, 0.25) is 0 Å². The molecule has 0 saturated carbocycles. The van der Waals surface area contributed by atoms with Crippen molar-refractivity contribution >= 4 is 23.8 Å². The van der Waals surface area contributed by atoms with E-state index in [4.69, 9.17) is 9.47 Å². The molecular weight excluding hydrogens is 414 g/mol. The van der Waals surface area contributed by atoms with Crippen LogP contribution in [0.2, 0.25) is 0 Å². The Hall–Kier alpha value is -2.51. The fraction of sp³-hybridized carbons (Fsp3) is 0.417. The van der Waals surface area contributed by atoms with Crippen LogP contribution in [0.25, 0.3) is 11.1 Å². The average molecular weight is 444 g/mol. The SMILES string of the molecule is CC(C)COCCSCC(NC(=O)OCC1c2ccccc2-c2ccccc21)C(=O)O. The molecule has 2 N–H and O–H groups in total. The molecule has 166 valence electrons. The van der Waals surface area contributed by atoms with Crippen molar-refractivity contribution < 1.29 is 24.2 Å². The Bertz CT molecular complexity index is 856. The monoisotopic (exact) mass is 443 g/mol. The standard InChI is InChI=1S/C24H29NO5S/c1-16(2)13-29-11-12-31-15-22(23(26)27)25-24(28)30-14-21-19-9-5-3-7-17(19)18-8-4-6-10-20(18)21/h3-10,16,21-22H,11-15H2,1-2H3,(H,25,28)(H,26,27). The fourth-order valence-electron chi connectivity index (χ4n) is 3.60. The zero-order chi connectivity index (χ0) is 22.2. The number of aliphatic carboxylic acids is 1. The number of fused-ring (bicyclic) bond motifs is 3. The zero-order valence-corrected chi connectivity index (χ0v) is 18.7. The molecule has 1 aliphatic rings. The van der Waals surface area contributed by atoms with Crippen molar-refractivity contribution in [1.82, 2.24) is 5.32 Å². The molecule has 2 aromatic rings. The summed E-state index contributed by atoms with van der Waals surface area (Å²) in [6.45, 7) is 5.54. The van der Waals surface area contributed by atoms with Gasteiger partial charge < -0.3 is 19.9 Å². The minimum absolute atomic E-state index is 0.0612. The summed E-state index contributed by atoms with van der Waals surface area (Å²) in [4.78, 5) is 23.8. The molecule has 3 rings (SSSR count). The highest BCUT2D eigenvalue weighted by Crippen LogP contribution is 2.44. The van der Waals surface area contributed by atoms with Gasteiger partial charge in [-0.1, -0.05) is 62.4 Å². The van der Waals surface area contributed by atoms with E-state index >= 15 is 0 Å². The minimum atomic E-state index is -1.08. The topological polar surface area (TPSA) is 84.9 Å². The fourth-order valence-corrected chi connectivity index (χ4v) is 4.46. The number of alkyl carbamates (subject to hydrolysis) is 1. The third kappa shape index (κ3) is 6.24. The molecule has 0 spiro atoms. The Kier molecular flexibility index (Phi) is 8.37.